The van der Waals surface area contributed by atoms with Gasteiger partial charge in [0.25, 0.3) is 0 Å². The quantitative estimate of drug-likeness (QED) is 0.882. The van der Waals surface area contributed by atoms with Gasteiger partial charge < -0.3 is 15.3 Å². The number of benzene rings is 2. The normalized spacial score (nSPS) is 16.7. The zero-order valence-corrected chi connectivity index (χ0v) is 13.9. The minimum Gasteiger partial charge on any atom is -0.389 e. The van der Waals surface area contributed by atoms with E-state index in [1.54, 1.807) is 6.07 Å². The van der Waals surface area contributed by atoms with Crippen LogP contribution < -0.4 is 10.2 Å². The fourth-order valence-corrected chi connectivity index (χ4v) is 4.12. The van der Waals surface area contributed by atoms with E-state index in [4.69, 9.17) is 0 Å². The zero-order valence-electron chi connectivity index (χ0n) is 13.1. The number of hydrogen-bond donors (Lipinski definition) is 2. The van der Waals surface area contributed by atoms with Crippen LogP contribution in [0.3, 0.4) is 0 Å². The van der Waals surface area contributed by atoms with Crippen molar-refractivity contribution in [3.05, 3.63) is 59.9 Å². The summed E-state index contributed by atoms with van der Waals surface area (Å²) in [6, 6.07) is 14.5. The topological polar surface area (TPSA) is 35.5 Å². The Morgan fingerprint density at radius 1 is 1.26 bits per heavy atom. The van der Waals surface area contributed by atoms with Gasteiger partial charge in [0.05, 0.1) is 17.8 Å². The maximum absolute atomic E-state index is 13.7. The summed E-state index contributed by atoms with van der Waals surface area (Å²) >= 11 is 1.82. The van der Waals surface area contributed by atoms with Crippen LogP contribution in [0.15, 0.2) is 53.4 Å². The van der Waals surface area contributed by atoms with Crippen LogP contribution in [0.25, 0.3) is 0 Å². The van der Waals surface area contributed by atoms with Gasteiger partial charge in [-0.2, -0.15) is 0 Å². The van der Waals surface area contributed by atoms with Crippen molar-refractivity contribution in [2.75, 3.05) is 30.8 Å². The molecule has 0 bridgehead atoms. The van der Waals surface area contributed by atoms with Crippen LogP contribution in [0.5, 0.6) is 0 Å². The predicted molar refractivity (Wildman–Crippen MR) is 93.6 cm³/mol. The molecule has 0 unspecified atom stereocenters. The molecule has 2 aromatic rings. The van der Waals surface area contributed by atoms with Crippen LogP contribution in [-0.2, 0) is 0 Å². The SMILES string of the molecule is CNC[C@@H](O)[C@H](c1cccc(F)c1)N1CCSc2ccccc21. The molecule has 3 rings (SSSR count). The van der Waals surface area contributed by atoms with Crippen LogP contribution in [0.1, 0.15) is 11.6 Å². The lowest BCUT2D eigenvalue weighted by molar-refractivity contribution is 0.140. The van der Waals surface area contributed by atoms with Crippen molar-refractivity contribution in [1.29, 1.82) is 0 Å². The smallest absolute Gasteiger partial charge is 0.123 e. The summed E-state index contributed by atoms with van der Waals surface area (Å²) in [4.78, 5) is 3.40. The molecular formula is C18H21FN2OS. The molecule has 0 saturated heterocycles. The Labute approximate surface area is 140 Å². The van der Waals surface area contributed by atoms with E-state index in [1.165, 1.54) is 17.0 Å². The van der Waals surface area contributed by atoms with Gasteiger partial charge in [0.1, 0.15) is 5.82 Å². The fourth-order valence-electron chi connectivity index (χ4n) is 3.10. The lowest BCUT2D eigenvalue weighted by Gasteiger charge is -2.40. The molecule has 23 heavy (non-hydrogen) atoms. The van der Waals surface area contributed by atoms with Gasteiger partial charge in [-0.25, -0.2) is 4.39 Å². The van der Waals surface area contributed by atoms with Gasteiger partial charge in [0, 0.05) is 23.7 Å². The Morgan fingerprint density at radius 3 is 2.87 bits per heavy atom. The highest BCUT2D eigenvalue weighted by atomic mass is 32.2. The molecule has 2 aromatic carbocycles. The number of halogens is 1. The first-order valence-electron chi connectivity index (χ1n) is 7.77. The van der Waals surface area contributed by atoms with Crippen LogP contribution >= 0.6 is 11.8 Å². The lowest BCUT2D eigenvalue weighted by atomic mass is 9.98. The third kappa shape index (κ3) is 3.52. The Hall–Kier alpha value is -1.56. The molecule has 0 amide bonds. The molecule has 2 N–H and O–H groups in total. The Bertz CT molecular complexity index is 667. The van der Waals surface area contributed by atoms with E-state index in [0.29, 0.717) is 6.54 Å². The minimum absolute atomic E-state index is 0.274. The highest BCUT2D eigenvalue weighted by molar-refractivity contribution is 7.99. The van der Waals surface area contributed by atoms with Gasteiger partial charge >= 0.3 is 0 Å². The molecule has 122 valence electrons. The van der Waals surface area contributed by atoms with Crippen LogP contribution in [0, 0.1) is 5.82 Å². The summed E-state index contributed by atoms with van der Waals surface area (Å²) in [5, 5.41) is 13.7. The average Bonchev–Trinajstić information content (AvgIpc) is 2.56. The van der Waals surface area contributed by atoms with Crippen molar-refractivity contribution in [3.8, 4) is 0 Å². The predicted octanol–water partition coefficient (Wildman–Crippen LogP) is 3.06. The molecule has 1 heterocycles. The summed E-state index contributed by atoms with van der Waals surface area (Å²) < 4.78 is 13.7. The van der Waals surface area contributed by atoms with E-state index < -0.39 is 6.10 Å². The van der Waals surface area contributed by atoms with Crippen molar-refractivity contribution >= 4 is 17.4 Å². The van der Waals surface area contributed by atoms with E-state index in [-0.39, 0.29) is 11.9 Å². The highest BCUT2D eigenvalue weighted by Crippen LogP contribution is 2.40. The van der Waals surface area contributed by atoms with Crippen molar-refractivity contribution in [3.63, 3.8) is 0 Å². The minimum atomic E-state index is -0.627. The van der Waals surface area contributed by atoms with E-state index in [0.717, 1.165) is 23.5 Å². The molecule has 5 heteroatoms. The Balaban J connectivity index is 2.02. The molecule has 3 nitrogen and oxygen atoms in total. The number of nitrogens with zero attached hydrogens (tertiary/aromatic N) is 1. The molecule has 2 atom stereocenters. The van der Waals surface area contributed by atoms with Crippen molar-refractivity contribution in [2.45, 2.75) is 17.0 Å². The first kappa shape index (κ1) is 16.3. The molecular weight excluding hydrogens is 311 g/mol. The summed E-state index contributed by atoms with van der Waals surface area (Å²) in [6.07, 6.45) is -0.627. The van der Waals surface area contributed by atoms with Gasteiger partial charge in [-0.3, -0.25) is 0 Å². The number of likely N-dealkylation sites (N-methyl/N-ethyl adjacent to an activating group) is 1. The highest BCUT2D eigenvalue weighted by Gasteiger charge is 2.31. The number of para-hydroxylation sites is 1. The van der Waals surface area contributed by atoms with Gasteiger partial charge in [0.2, 0.25) is 0 Å². The molecule has 0 aliphatic carbocycles. The van der Waals surface area contributed by atoms with Crippen molar-refractivity contribution in [1.82, 2.24) is 5.32 Å². The number of fused-ring (bicyclic) bond motifs is 1. The number of hydrogen-bond acceptors (Lipinski definition) is 4. The van der Waals surface area contributed by atoms with E-state index >= 15 is 0 Å². The molecule has 1 aliphatic heterocycles. The number of aliphatic hydroxyl groups is 1. The van der Waals surface area contributed by atoms with Gasteiger partial charge in [-0.05, 0) is 36.9 Å². The molecule has 1 aliphatic rings. The number of rotatable bonds is 5. The van der Waals surface area contributed by atoms with E-state index in [9.17, 15) is 9.50 Å². The number of nitrogens with one attached hydrogen (secondary N) is 1. The molecule has 0 aromatic heterocycles. The third-order valence-corrected chi connectivity index (χ3v) is 5.11. The fraction of sp³-hybridized carbons (Fsp3) is 0.333. The van der Waals surface area contributed by atoms with Crippen LogP contribution in [0.2, 0.25) is 0 Å². The number of anilines is 1. The molecule has 0 saturated carbocycles. The second kappa shape index (κ2) is 7.34. The third-order valence-electron chi connectivity index (χ3n) is 4.07. The summed E-state index contributed by atoms with van der Waals surface area (Å²) in [7, 11) is 1.81. The summed E-state index contributed by atoms with van der Waals surface area (Å²) in [5.74, 6) is 0.679. The first-order chi connectivity index (χ1) is 11.2. The summed E-state index contributed by atoms with van der Waals surface area (Å²) in [5.41, 5.74) is 1.91. The second-order valence-corrected chi connectivity index (χ2v) is 6.77. The zero-order chi connectivity index (χ0) is 16.2. The van der Waals surface area contributed by atoms with E-state index in [2.05, 4.69) is 22.3 Å². The Morgan fingerprint density at radius 2 is 2.09 bits per heavy atom. The molecule has 0 radical (unpaired) electrons. The lowest BCUT2D eigenvalue weighted by Crippen LogP contribution is -2.43. The monoisotopic (exact) mass is 332 g/mol. The summed E-state index contributed by atoms with van der Waals surface area (Å²) in [6.45, 7) is 1.27. The maximum Gasteiger partial charge on any atom is 0.123 e. The van der Waals surface area contributed by atoms with Gasteiger partial charge in [-0.15, -0.1) is 11.8 Å². The molecule has 0 spiro atoms. The van der Waals surface area contributed by atoms with Gasteiger partial charge in [-0.1, -0.05) is 24.3 Å². The second-order valence-electron chi connectivity index (χ2n) is 5.63. The largest absolute Gasteiger partial charge is 0.389 e. The Kier molecular flexibility index (Phi) is 5.20. The standard InChI is InChI=1S/C18H21FN2OS/c1-20-12-16(22)18(13-5-4-6-14(19)11-13)21-9-10-23-17-8-3-2-7-15(17)21/h2-8,11,16,18,20,22H,9-10,12H2,1H3/t16-,18+/m1/s1. The van der Waals surface area contributed by atoms with Crippen LogP contribution in [0.4, 0.5) is 10.1 Å². The number of aliphatic hydroxyl groups excluding tert-OH is 1. The maximum atomic E-state index is 13.7. The first-order valence-corrected chi connectivity index (χ1v) is 8.76. The van der Waals surface area contributed by atoms with Gasteiger partial charge in [0.15, 0.2) is 0 Å². The number of thioether (sulfide) groups is 1. The van der Waals surface area contributed by atoms with Crippen LogP contribution in [-0.4, -0.2) is 37.1 Å². The van der Waals surface area contributed by atoms with Crippen molar-refractivity contribution < 1.29 is 9.50 Å². The van der Waals surface area contributed by atoms with E-state index in [1.807, 2.05) is 37.0 Å². The van der Waals surface area contributed by atoms with Crippen molar-refractivity contribution in [2.24, 2.45) is 0 Å². The average molecular weight is 332 g/mol. The molecule has 0 fully saturated rings.